The van der Waals surface area contributed by atoms with Gasteiger partial charge < -0.3 is 57.1 Å². The quantitative estimate of drug-likeness (QED) is 0.00638. The van der Waals surface area contributed by atoms with E-state index in [0.717, 1.165) is 156 Å². The van der Waals surface area contributed by atoms with E-state index in [1.165, 1.54) is 42.0 Å². The Morgan fingerprint density at radius 1 is 0.406 bits per heavy atom. The van der Waals surface area contributed by atoms with Gasteiger partial charge in [0.1, 0.15) is 58.7 Å². The molecule has 5 heterocycles. The molecule has 16 aromatic rings. The molecule has 0 radical (unpaired) electrons. The monoisotopic (exact) mass is 2190 g/mol. The van der Waals surface area contributed by atoms with Crippen molar-refractivity contribution in [2.24, 2.45) is 11.7 Å². The first-order valence-electron chi connectivity index (χ1n) is 40.2. The number of rotatable bonds is 24. The molecule has 0 fully saturated rings. The molecule has 0 saturated carbocycles. The first-order chi connectivity index (χ1) is 67.6. The summed E-state index contributed by atoms with van der Waals surface area (Å²) >= 11 is 7.89. The van der Waals surface area contributed by atoms with Crippen molar-refractivity contribution in [2.75, 3.05) is 25.0 Å². The average Bonchev–Trinajstić information content (AvgIpc) is 1.71. The van der Waals surface area contributed by atoms with Gasteiger partial charge in [-0.3, -0.25) is 26.4 Å². The zero-order valence-corrected chi connectivity index (χ0v) is 84.2. The van der Waals surface area contributed by atoms with Crippen LogP contribution in [0.2, 0.25) is 0 Å². The molecule has 0 bridgehead atoms. The number of hydrazine groups is 1. The molecular formula is C97H76BrClF14MgMnN12O12S4. The molecule has 0 aliphatic heterocycles. The number of ether oxygens (including phenoxy) is 7. The summed E-state index contributed by atoms with van der Waals surface area (Å²) in [6.07, 6.45) is 14.5. The molecule has 1 unspecified atom stereocenters. The summed E-state index contributed by atoms with van der Waals surface area (Å²) in [5.74, 6) is -7.81. The number of aldehydes is 1. The predicted octanol–water partition coefficient (Wildman–Crippen LogP) is 23.1. The van der Waals surface area contributed by atoms with Crippen LogP contribution in [0.25, 0.3) is 22.3 Å². The fourth-order valence-corrected chi connectivity index (χ4v) is 13.7. The van der Waals surface area contributed by atoms with Crippen LogP contribution >= 0.6 is 63.0 Å². The number of aryl methyl sites for hydroxylation is 4. The van der Waals surface area contributed by atoms with Crippen molar-refractivity contribution in [3.63, 3.8) is 0 Å². The Bertz CT molecular complexity index is 7170. The van der Waals surface area contributed by atoms with E-state index in [4.69, 9.17) is 40.8 Å². The molecule has 0 saturated heterocycles. The van der Waals surface area contributed by atoms with E-state index in [2.05, 4.69) is 89.8 Å². The van der Waals surface area contributed by atoms with Crippen molar-refractivity contribution in [1.29, 1.82) is 0 Å². The zero-order valence-electron chi connectivity index (χ0n) is 76.0. The number of aliphatic hydroxyl groups excluding tert-OH is 1. The van der Waals surface area contributed by atoms with Crippen LogP contribution in [0.1, 0.15) is 79.6 Å². The summed E-state index contributed by atoms with van der Waals surface area (Å²) in [4.78, 5) is 59.9. The number of nitrogens with two attached hydrogens (primary N) is 2. The average molecular weight is 2190 g/mol. The number of hydrogen-bond donors (Lipinski definition) is 4. The molecule has 24 nitrogen and oxygen atoms in total. The maximum atomic E-state index is 14.3. The Hall–Kier alpha value is -12.9. The molecule has 741 valence electrons. The topological polar surface area (TPSA) is 337 Å². The van der Waals surface area contributed by atoms with Gasteiger partial charge in [0.2, 0.25) is 17.6 Å². The van der Waals surface area contributed by atoms with Gasteiger partial charge in [0.05, 0.1) is 27.3 Å². The number of nitrogens with zero attached hydrogens (tertiary/aromatic N) is 9. The van der Waals surface area contributed by atoms with Gasteiger partial charge in [0.15, 0.2) is 92.4 Å². The van der Waals surface area contributed by atoms with Crippen LogP contribution in [0.3, 0.4) is 0 Å². The molecule has 6 N–H and O–H groups in total. The van der Waals surface area contributed by atoms with Crippen molar-refractivity contribution in [1.82, 2.24) is 50.1 Å². The maximum absolute atomic E-state index is 14.3. The Kier molecular flexibility index (Phi) is 47.0. The van der Waals surface area contributed by atoms with E-state index in [1.54, 1.807) is 61.8 Å². The minimum absolute atomic E-state index is 0. The number of hydrogen-bond acceptors (Lipinski definition) is 27. The Labute approximate surface area is 861 Å². The van der Waals surface area contributed by atoms with Crippen molar-refractivity contribution >= 4 is 109 Å². The summed E-state index contributed by atoms with van der Waals surface area (Å²) in [7, 11) is 0. The number of carbonyl (C=O) groups is 2. The number of aliphatic hydroxyl groups is 1. The number of aromatic amines is 1. The van der Waals surface area contributed by atoms with Gasteiger partial charge >= 0.3 is 69.6 Å². The summed E-state index contributed by atoms with van der Waals surface area (Å²) in [6, 6.07) is 40.7. The third-order valence-electron chi connectivity index (χ3n) is 18.5. The molecule has 16 rings (SSSR count). The minimum atomic E-state index is -1.44. The molecule has 0 aliphatic carbocycles. The summed E-state index contributed by atoms with van der Waals surface area (Å²) in [5, 5.41) is 19.1. The van der Waals surface area contributed by atoms with Crippen LogP contribution in [0.4, 0.5) is 61.5 Å². The van der Waals surface area contributed by atoms with E-state index in [0.29, 0.717) is 58.7 Å². The third kappa shape index (κ3) is 33.6. The van der Waals surface area contributed by atoms with Crippen molar-refractivity contribution in [3.8, 4) is 93.2 Å². The molecule has 5 aromatic heterocycles. The number of carbonyl (C=O) groups excluding carboxylic acids is 2. The molecule has 1 atom stereocenters. The molecule has 0 spiro atoms. The van der Waals surface area contributed by atoms with Crippen LogP contribution in [-0.4, -0.2) is 115 Å². The Morgan fingerprint density at radius 2 is 0.727 bits per heavy atom. The van der Waals surface area contributed by atoms with Crippen LogP contribution in [-0.2, 0) is 22.5 Å². The Balaban J connectivity index is 0.000000244. The van der Waals surface area contributed by atoms with E-state index < -0.39 is 132 Å². The summed E-state index contributed by atoms with van der Waals surface area (Å²) in [5.41, 5.74) is 7.34. The second-order valence-corrected chi connectivity index (χ2v) is 32.7. The van der Waals surface area contributed by atoms with Crippen molar-refractivity contribution < 1.29 is 144 Å². The van der Waals surface area contributed by atoms with Crippen molar-refractivity contribution in [3.05, 3.63) is 367 Å². The van der Waals surface area contributed by atoms with Crippen LogP contribution in [0, 0.1) is 116 Å². The first-order valence-corrected chi connectivity index (χ1v) is 46.8. The van der Waals surface area contributed by atoms with Gasteiger partial charge in [-0.15, -0.1) is 47.0 Å². The van der Waals surface area contributed by atoms with E-state index in [1.807, 2.05) is 102 Å². The van der Waals surface area contributed by atoms with E-state index in [-0.39, 0.29) is 109 Å². The van der Waals surface area contributed by atoms with Gasteiger partial charge in [0.25, 0.3) is 0 Å². The molecule has 11 aromatic carbocycles. The van der Waals surface area contributed by atoms with Crippen LogP contribution in [0.5, 0.6) is 81.9 Å². The van der Waals surface area contributed by atoms with Crippen LogP contribution in [0.15, 0.2) is 249 Å². The zero-order chi connectivity index (χ0) is 103. The van der Waals surface area contributed by atoms with Gasteiger partial charge in [-0.1, -0.05) is 24.3 Å². The van der Waals surface area contributed by atoms with E-state index in [9.17, 15) is 76.2 Å². The molecular weight excluding hydrogens is 2110 g/mol. The molecule has 0 aliphatic rings. The van der Waals surface area contributed by atoms with Crippen molar-refractivity contribution in [2.45, 2.75) is 67.2 Å². The van der Waals surface area contributed by atoms with Gasteiger partial charge in [-0.2, -0.15) is 38.9 Å². The normalized spacial score (nSPS) is 10.5. The number of H-pyrrole nitrogens is 1. The van der Waals surface area contributed by atoms with Gasteiger partial charge in [-0.05, 0) is 230 Å². The third-order valence-corrected chi connectivity index (χ3v) is 21.9. The number of thioether (sulfide) groups is 4. The Morgan fingerprint density at radius 3 is 1.13 bits per heavy atom. The number of ketones is 1. The fourth-order valence-electron chi connectivity index (χ4n) is 11.6. The first kappa shape index (κ1) is 117. The molecule has 0 amide bonds. The predicted molar refractivity (Wildman–Crippen MR) is 505 cm³/mol. The molecule has 46 heteroatoms. The number of nitrogens with one attached hydrogen (secondary N) is 1. The van der Waals surface area contributed by atoms with Gasteiger partial charge in [-0.25, -0.2) is 81.4 Å². The SMILES string of the molecule is CSc1ccc(C)c(-c2[nH]nc3nc(Oc4ccc(F)cc4F)ncc23)c1.CSc1ccc(C)c(C(=O)c2cnc(Oc3ccc(F)cc3F)nc2Oc2ccc(F)cc2F)c1.CSc1ccc(C)c(C(O)c2cnc(Oc3ccc(F)cc3F)nc2Oc2ccc(F)cc2F)c1.CSc1ccc(C)c(C=O)c1.C[CH-]C.Fc1ccc(Oc2ncc(Br)c(Oc3ccc(F)cc3F)n2)c(F)c1.NN.[Cl-].[Mg+2].[O]=[Mn]=[O]. The standard InChI is InChI=1S/C25H18F4N2O3S.C25H16F4N2O3S.C19H14F2N4OS.C16H7BrF4N2O2.C9H10OS.C3H7.ClH.Mg.Mn.H4N2.2O/c2*1-13-3-6-16(35-2)11-17(13)23(32)18-12-30-25(34-22-8-5-15(27)10-20(22)29)31-24(18)33-21-7-4-14(26)9-19(21)28;1-10-3-5-12(27-2)8-13(10)17-14-9-22-19(23-18(14)25-24-17)26-16-6-4-11(20)7-15(16)21;17-10-7-22-16(25-14-4-2-9(19)6-12(14)21)23-15(10)24-13-3-1-8(18)5-11(13)20;1-7-3-4-9(11-2)5-8(7)6-10;1-3-2;;;;1-2;;/h3-12,23,32H,1-2H3;3-12H,1-2H3;3-9H,1-2H3,(H,22,23,24,25);1-7H;3-6H,1-2H3;3H,1-2H3;1H;;;1-2H2;;/q;;;;;-1;;+2;;;;/p-1. The fraction of sp³-hybridized carbons (Fsp3) is 0.113. The number of fused-ring (bicyclic) bond motifs is 1. The number of aromatic nitrogens is 10. The van der Waals surface area contributed by atoms with Gasteiger partial charge in [0, 0.05) is 97.3 Å². The summed E-state index contributed by atoms with van der Waals surface area (Å²) < 4.78 is 244. The second-order valence-electron chi connectivity index (χ2n) is 28.1. The number of halogens is 16. The summed E-state index contributed by atoms with van der Waals surface area (Å²) in [6.45, 7) is 11.5. The number of benzene rings is 11. The molecule has 143 heavy (non-hydrogen) atoms. The van der Waals surface area contributed by atoms with E-state index >= 15 is 0 Å². The second kappa shape index (κ2) is 57.4. The van der Waals surface area contributed by atoms with Crippen LogP contribution < -0.4 is 57.3 Å².